The summed E-state index contributed by atoms with van der Waals surface area (Å²) in [5, 5.41) is 4.71. The minimum atomic E-state index is -0.225. The third kappa shape index (κ3) is 4.97. The van der Waals surface area contributed by atoms with Crippen molar-refractivity contribution in [2.45, 2.75) is 58.6 Å². The first-order valence-electron chi connectivity index (χ1n) is 8.68. The van der Waals surface area contributed by atoms with Crippen LogP contribution in [0, 0.1) is 11.7 Å². The van der Waals surface area contributed by atoms with Crippen LogP contribution >= 0.6 is 12.4 Å². The summed E-state index contributed by atoms with van der Waals surface area (Å²) < 4.78 is 21.2. The zero-order valence-corrected chi connectivity index (χ0v) is 15.0. The van der Waals surface area contributed by atoms with Crippen molar-refractivity contribution in [2.24, 2.45) is 5.92 Å². The fourth-order valence-electron chi connectivity index (χ4n) is 3.30. The fourth-order valence-corrected chi connectivity index (χ4v) is 3.30. The summed E-state index contributed by atoms with van der Waals surface area (Å²) in [7, 11) is 0. The molecule has 5 heteroatoms. The van der Waals surface area contributed by atoms with Gasteiger partial charge in [-0.1, -0.05) is 38.3 Å². The van der Waals surface area contributed by atoms with E-state index in [1.807, 2.05) is 16.8 Å². The Morgan fingerprint density at radius 1 is 1.25 bits per heavy atom. The molecule has 0 aliphatic heterocycles. The highest BCUT2D eigenvalue weighted by Crippen LogP contribution is 2.28. The lowest BCUT2D eigenvalue weighted by atomic mass is 10.1. The van der Waals surface area contributed by atoms with E-state index in [1.165, 1.54) is 37.8 Å². The molecule has 1 aliphatic rings. The Labute approximate surface area is 149 Å². The molecular formula is C19H26ClFN2O. The van der Waals surface area contributed by atoms with Gasteiger partial charge in [-0.15, -0.1) is 12.4 Å². The van der Waals surface area contributed by atoms with Crippen LogP contribution in [0.15, 0.2) is 30.3 Å². The zero-order valence-electron chi connectivity index (χ0n) is 14.2. The Bertz CT molecular complexity index is 638. The highest BCUT2D eigenvalue weighted by Gasteiger charge is 2.18. The maximum Gasteiger partial charge on any atom is 0.212 e. The van der Waals surface area contributed by atoms with Gasteiger partial charge in [0.15, 0.2) is 0 Å². The van der Waals surface area contributed by atoms with E-state index in [9.17, 15) is 4.39 Å². The number of nitrogens with zero attached hydrogens (tertiary/aromatic N) is 2. The molecule has 1 aromatic carbocycles. The van der Waals surface area contributed by atoms with E-state index in [0.717, 1.165) is 36.5 Å². The molecule has 2 aromatic rings. The lowest BCUT2D eigenvalue weighted by Crippen LogP contribution is -2.11. The van der Waals surface area contributed by atoms with E-state index in [1.54, 1.807) is 6.07 Å². The Morgan fingerprint density at radius 3 is 2.75 bits per heavy atom. The molecule has 1 saturated carbocycles. The number of ether oxygens (including phenoxy) is 1. The third-order valence-electron chi connectivity index (χ3n) is 4.48. The molecule has 0 bridgehead atoms. The molecule has 1 fully saturated rings. The van der Waals surface area contributed by atoms with Gasteiger partial charge >= 0.3 is 0 Å². The second kappa shape index (κ2) is 9.07. The van der Waals surface area contributed by atoms with Crippen LogP contribution in [-0.4, -0.2) is 9.78 Å². The molecule has 0 unspecified atom stereocenters. The normalized spacial score (nSPS) is 14.6. The molecule has 24 heavy (non-hydrogen) atoms. The number of hydrogen-bond donors (Lipinski definition) is 0. The summed E-state index contributed by atoms with van der Waals surface area (Å²) in [6, 6.07) is 8.61. The quantitative estimate of drug-likeness (QED) is 0.687. The van der Waals surface area contributed by atoms with E-state index in [0.29, 0.717) is 12.5 Å². The van der Waals surface area contributed by atoms with Crippen molar-refractivity contribution in [1.82, 2.24) is 9.78 Å². The Balaban J connectivity index is 0.00000208. The average Bonchev–Trinajstić information content (AvgIpc) is 3.16. The molecule has 1 aliphatic carbocycles. The van der Waals surface area contributed by atoms with Gasteiger partial charge in [0.2, 0.25) is 5.88 Å². The summed E-state index contributed by atoms with van der Waals surface area (Å²) in [5.74, 6) is 1.29. The van der Waals surface area contributed by atoms with Crippen LogP contribution in [0.5, 0.6) is 5.88 Å². The summed E-state index contributed by atoms with van der Waals surface area (Å²) in [6.07, 6.45) is 7.26. The molecule has 3 rings (SSSR count). The number of aromatic nitrogens is 2. The first-order chi connectivity index (χ1) is 11.2. The average molecular weight is 353 g/mol. The molecule has 0 spiro atoms. The van der Waals surface area contributed by atoms with Gasteiger partial charge in [0.1, 0.15) is 12.4 Å². The molecule has 0 saturated heterocycles. The monoisotopic (exact) mass is 352 g/mol. The van der Waals surface area contributed by atoms with E-state index in [2.05, 4.69) is 6.92 Å². The molecule has 3 nitrogen and oxygen atoms in total. The van der Waals surface area contributed by atoms with Gasteiger partial charge in [0, 0.05) is 12.6 Å². The zero-order chi connectivity index (χ0) is 16.1. The maximum atomic E-state index is 13.3. The first-order valence-corrected chi connectivity index (χ1v) is 8.68. The third-order valence-corrected chi connectivity index (χ3v) is 4.48. The van der Waals surface area contributed by atoms with Crippen LogP contribution in [0.4, 0.5) is 4.39 Å². The summed E-state index contributed by atoms with van der Waals surface area (Å²) in [5.41, 5.74) is 1.93. The topological polar surface area (TPSA) is 27.1 Å². The van der Waals surface area contributed by atoms with Crippen LogP contribution in [0.1, 0.15) is 50.3 Å². The number of aryl methyl sites for hydroxylation is 1. The van der Waals surface area contributed by atoms with Gasteiger partial charge in [-0.25, -0.2) is 9.07 Å². The highest BCUT2D eigenvalue weighted by atomic mass is 35.5. The largest absolute Gasteiger partial charge is 0.473 e. The molecule has 132 valence electrons. The van der Waals surface area contributed by atoms with Crippen molar-refractivity contribution < 1.29 is 9.13 Å². The van der Waals surface area contributed by atoms with Gasteiger partial charge in [0.05, 0.1) is 5.69 Å². The number of benzene rings is 1. The molecular weight excluding hydrogens is 327 g/mol. The predicted molar refractivity (Wildman–Crippen MR) is 96.2 cm³/mol. The van der Waals surface area contributed by atoms with Crippen LogP contribution in [-0.2, 0) is 19.6 Å². The fraction of sp³-hybridized carbons (Fsp3) is 0.526. The lowest BCUT2D eigenvalue weighted by Gasteiger charge is -2.13. The van der Waals surface area contributed by atoms with Crippen molar-refractivity contribution in [3.05, 3.63) is 47.4 Å². The van der Waals surface area contributed by atoms with Crippen LogP contribution in [0.3, 0.4) is 0 Å². The molecule has 0 N–H and O–H groups in total. The van der Waals surface area contributed by atoms with Crippen molar-refractivity contribution in [3.8, 4) is 5.88 Å². The van der Waals surface area contributed by atoms with Crippen LogP contribution in [0.25, 0.3) is 0 Å². The second-order valence-corrected chi connectivity index (χ2v) is 6.48. The second-order valence-electron chi connectivity index (χ2n) is 6.48. The van der Waals surface area contributed by atoms with Crippen molar-refractivity contribution in [1.29, 1.82) is 0 Å². The SMILES string of the molecule is CCCc1cc(OCc2cccc(F)c2)n(CC2CCCC2)n1.Cl. The van der Waals surface area contributed by atoms with Crippen LogP contribution < -0.4 is 4.74 Å². The standard InChI is InChI=1S/C19H25FN2O.ClH/c1-2-6-18-12-19(22(21-18)13-15-7-3-4-8-15)23-14-16-9-5-10-17(20)11-16;/h5,9-12,15H,2-4,6-8,13-14H2,1H3;1H. The summed E-state index contributed by atoms with van der Waals surface area (Å²) >= 11 is 0. The van der Waals surface area contributed by atoms with E-state index >= 15 is 0 Å². The molecule has 1 aromatic heterocycles. The summed E-state index contributed by atoms with van der Waals surface area (Å²) in [6.45, 7) is 3.46. The highest BCUT2D eigenvalue weighted by molar-refractivity contribution is 5.85. The number of hydrogen-bond acceptors (Lipinski definition) is 2. The smallest absolute Gasteiger partial charge is 0.212 e. The Hall–Kier alpha value is -1.55. The predicted octanol–water partition coefficient (Wildman–Crippen LogP) is 5.17. The van der Waals surface area contributed by atoms with E-state index in [-0.39, 0.29) is 18.2 Å². The minimum absolute atomic E-state index is 0. The molecule has 0 radical (unpaired) electrons. The van der Waals surface area contributed by atoms with Crippen molar-refractivity contribution >= 4 is 12.4 Å². The Morgan fingerprint density at radius 2 is 2.04 bits per heavy atom. The molecule has 1 heterocycles. The van der Waals surface area contributed by atoms with Gasteiger partial charge in [-0.2, -0.15) is 5.10 Å². The van der Waals surface area contributed by atoms with Crippen LogP contribution in [0.2, 0.25) is 0 Å². The lowest BCUT2D eigenvalue weighted by molar-refractivity contribution is 0.261. The van der Waals surface area contributed by atoms with Crippen molar-refractivity contribution in [3.63, 3.8) is 0 Å². The van der Waals surface area contributed by atoms with Gasteiger partial charge in [0.25, 0.3) is 0 Å². The first kappa shape index (κ1) is 18.8. The molecule has 0 atom stereocenters. The maximum absolute atomic E-state index is 13.3. The van der Waals surface area contributed by atoms with Gasteiger partial charge < -0.3 is 4.74 Å². The van der Waals surface area contributed by atoms with E-state index < -0.39 is 0 Å². The summed E-state index contributed by atoms with van der Waals surface area (Å²) in [4.78, 5) is 0. The van der Waals surface area contributed by atoms with E-state index in [4.69, 9.17) is 9.84 Å². The minimum Gasteiger partial charge on any atom is -0.473 e. The van der Waals surface area contributed by atoms with Crippen molar-refractivity contribution in [2.75, 3.05) is 0 Å². The van der Waals surface area contributed by atoms with Gasteiger partial charge in [-0.05, 0) is 42.9 Å². The molecule has 0 amide bonds. The number of halogens is 2. The number of rotatable bonds is 7. The Kier molecular flexibility index (Phi) is 7.10. The van der Waals surface area contributed by atoms with Gasteiger partial charge in [-0.3, -0.25) is 0 Å².